The van der Waals surface area contributed by atoms with Gasteiger partial charge in [-0.3, -0.25) is 4.57 Å². The second-order valence-electron chi connectivity index (χ2n) is 5.18. The number of nitrogens with two attached hydrogens (primary N) is 1. The Kier molecular flexibility index (Phi) is 4.48. The average molecular weight is 325 g/mol. The van der Waals surface area contributed by atoms with Crippen LogP contribution in [0.1, 0.15) is 26.0 Å². The monoisotopic (exact) mass is 325 g/mol. The molecule has 120 valence electrons. The van der Waals surface area contributed by atoms with Crippen LogP contribution in [-0.2, 0) is 4.74 Å². The lowest BCUT2D eigenvalue weighted by molar-refractivity contribution is -0.0432. The van der Waals surface area contributed by atoms with Crippen LogP contribution in [-0.4, -0.2) is 54.3 Å². The predicted octanol–water partition coefficient (Wildman–Crippen LogP) is 0.551. The number of ether oxygens (including phenoxy) is 1. The van der Waals surface area contributed by atoms with E-state index in [2.05, 4.69) is 21.9 Å². The Morgan fingerprint density at radius 3 is 3.00 bits per heavy atom. The number of anilines is 1. The van der Waals surface area contributed by atoms with E-state index in [1.807, 2.05) is 0 Å². The van der Waals surface area contributed by atoms with Gasteiger partial charge in [0.2, 0.25) is 0 Å². The zero-order chi connectivity index (χ0) is 15.7. The van der Waals surface area contributed by atoms with E-state index in [1.165, 1.54) is 11.8 Å². The Bertz CT molecular complexity index is 664. The smallest absolute Gasteiger partial charge is 0.191 e. The van der Waals surface area contributed by atoms with Crippen molar-refractivity contribution in [3.05, 3.63) is 6.33 Å². The zero-order valence-electron chi connectivity index (χ0n) is 12.2. The van der Waals surface area contributed by atoms with Crippen LogP contribution in [0.3, 0.4) is 0 Å². The van der Waals surface area contributed by atoms with Gasteiger partial charge in [-0.25, -0.2) is 15.0 Å². The summed E-state index contributed by atoms with van der Waals surface area (Å²) in [7, 11) is 0. The third-order valence-electron chi connectivity index (χ3n) is 3.56. The van der Waals surface area contributed by atoms with Crippen LogP contribution in [0.4, 0.5) is 5.82 Å². The van der Waals surface area contributed by atoms with Gasteiger partial charge in [0.15, 0.2) is 16.6 Å². The molecule has 1 saturated heterocycles. The number of fused-ring (bicyclic) bond motifs is 1. The standard InChI is InChI=1S/C13H19N5O3S/c1-2-3-22-13-16-11(14)10-12(17-13)18(6-15-10)9-4-7(20)8(5-19)21-9/h6-9,19-20H,2-5H2,1H3,(H2,14,16,17)/t7-,8+,9+/m0/s1. The second kappa shape index (κ2) is 6.37. The SMILES string of the molecule is CCCSc1nc(N)c2ncn([C@H]3C[C@H](O)[C@@H](CO)O3)c2n1. The molecule has 4 N–H and O–H groups in total. The molecule has 9 heteroatoms. The summed E-state index contributed by atoms with van der Waals surface area (Å²) in [6.45, 7) is 1.86. The summed E-state index contributed by atoms with van der Waals surface area (Å²) in [5.41, 5.74) is 7.06. The maximum Gasteiger partial charge on any atom is 0.191 e. The number of thioether (sulfide) groups is 1. The Morgan fingerprint density at radius 2 is 2.32 bits per heavy atom. The lowest BCUT2D eigenvalue weighted by Crippen LogP contribution is -2.24. The van der Waals surface area contributed by atoms with E-state index >= 15 is 0 Å². The highest BCUT2D eigenvalue weighted by Crippen LogP contribution is 2.32. The number of nitrogen functional groups attached to an aromatic ring is 1. The highest BCUT2D eigenvalue weighted by molar-refractivity contribution is 7.99. The van der Waals surface area contributed by atoms with Crippen molar-refractivity contribution in [2.45, 2.75) is 43.4 Å². The molecular weight excluding hydrogens is 306 g/mol. The number of aromatic nitrogens is 4. The number of hydrogen-bond donors (Lipinski definition) is 3. The summed E-state index contributed by atoms with van der Waals surface area (Å²) in [5, 5.41) is 19.7. The van der Waals surface area contributed by atoms with Gasteiger partial charge in [-0.2, -0.15) is 0 Å². The molecule has 1 aliphatic heterocycles. The van der Waals surface area contributed by atoms with Crippen molar-refractivity contribution in [3.63, 3.8) is 0 Å². The summed E-state index contributed by atoms with van der Waals surface area (Å²) in [6, 6.07) is 0. The van der Waals surface area contributed by atoms with Crippen molar-refractivity contribution in [2.75, 3.05) is 18.1 Å². The van der Waals surface area contributed by atoms with Gasteiger partial charge < -0.3 is 20.7 Å². The van der Waals surface area contributed by atoms with Crippen LogP contribution in [0.2, 0.25) is 0 Å². The van der Waals surface area contributed by atoms with E-state index in [-0.39, 0.29) is 6.61 Å². The van der Waals surface area contributed by atoms with E-state index in [0.29, 0.717) is 28.6 Å². The van der Waals surface area contributed by atoms with Crippen LogP contribution in [0, 0.1) is 0 Å². The van der Waals surface area contributed by atoms with E-state index < -0.39 is 18.4 Å². The molecule has 0 amide bonds. The summed E-state index contributed by atoms with van der Waals surface area (Å²) in [6.07, 6.45) is 1.26. The van der Waals surface area contributed by atoms with Crippen molar-refractivity contribution in [1.29, 1.82) is 0 Å². The fourth-order valence-corrected chi connectivity index (χ4v) is 3.14. The Labute approximate surface area is 131 Å². The minimum atomic E-state index is -0.708. The van der Waals surface area contributed by atoms with Gasteiger partial charge in [0.05, 0.1) is 19.0 Å². The lowest BCUT2D eigenvalue weighted by atomic mass is 10.2. The van der Waals surface area contributed by atoms with Crippen LogP contribution in [0.15, 0.2) is 11.5 Å². The molecule has 0 aliphatic carbocycles. The molecule has 1 fully saturated rings. The van der Waals surface area contributed by atoms with Crippen molar-refractivity contribution in [1.82, 2.24) is 19.5 Å². The van der Waals surface area contributed by atoms with E-state index in [1.54, 1.807) is 10.9 Å². The van der Waals surface area contributed by atoms with Gasteiger partial charge in [0.25, 0.3) is 0 Å². The van der Waals surface area contributed by atoms with Crippen molar-refractivity contribution >= 4 is 28.7 Å². The Hall–Kier alpha value is -1.42. The molecule has 1 aliphatic rings. The summed E-state index contributed by atoms with van der Waals surface area (Å²) in [5.74, 6) is 1.24. The number of rotatable bonds is 5. The molecule has 2 aromatic rings. The molecule has 0 radical (unpaired) electrons. The molecule has 3 atom stereocenters. The first-order valence-corrected chi connectivity index (χ1v) is 8.19. The molecule has 8 nitrogen and oxygen atoms in total. The van der Waals surface area contributed by atoms with Gasteiger partial charge in [-0.1, -0.05) is 18.7 Å². The Balaban J connectivity index is 1.95. The Morgan fingerprint density at radius 1 is 1.50 bits per heavy atom. The molecule has 0 saturated carbocycles. The molecular formula is C13H19N5O3S. The number of imidazole rings is 1. The van der Waals surface area contributed by atoms with Crippen LogP contribution >= 0.6 is 11.8 Å². The summed E-state index contributed by atoms with van der Waals surface area (Å²) >= 11 is 1.54. The molecule has 0 bridgehead atoms. The first kappa shape index (κ1) is 15.5. The van der Waals surface area contributed by atoms with Gasteiger partial charge in [0, 0.05) is 12.2 Å². The van der Waals surface area contributed by atoms with Gasteiger partial charge in [-0.15, -0.1) is 0 Å². The van der Waals surface area contributed by atoms with Gasteiger partial charge in [-0.05, 0) is 6.42 Å². The zero-order valence-corrected chi connectivity index (χ0v) is 13.0. The van der Waals surface area contributed by atoms with Gasteiger partial charge >= 0.3 is 0 Å². The number of aliphatic hydroxyl groups excluding tert-OH is 2. The molecule has 3 heterocycles. The number of hydrogen-bond acceptors (Lipinski definition) is 8. The minimum Gasteiger partial charge on any atom is -0.394 e. The third kappa shape index (κ3) is 2.76. The van der Waals surface area contributed by atoms with E-state index in [9.17, 15) is 10.2 Å². The fraction of sp³-hybridized carbons (Fsp3) is 0.615. The second-order valence-corrected chi connectivity index (χ2v) is 6.24. The molecule has 2 aromatic heterocycles. The fourth-order valence-electron chi connectivity index (χ4n) is 2.44. The van der Waals surface area contributed by atoms with E-state index in [0.717, 1.165) is 12.2 Å². The normalized spacial score (nSPS) is 25.1. The third-order valence-corrected chi connectivity index (χ3v) is 4.61. The van der Waals surface area contributed by atoms with Crippen molar-refractivity contribution in [3.8, 4) is 0 Å². The first-order valence-electron chi connectivity index (χ1n) is 7.21. The summed E-state index contributed by atoms with van der Waals surface area (Å²) < 4.78 is 7.39. The van der Waals surface area contributed by atoms with Gasteiger partial charge in [0.1, 0.15) is 17.8 Å². The van der Waals surface area contributed by atoms with Crippen LogP contribution in [0.5, 0.6) is 0 Å². The van der Waals surface area contributed by atoms with Crippen molar-refractivity contribution < 1.29 is 14.9 Å². The maximum absolute atomic E-state index is 9.88. The molecule has 22 heavy (non-hydrogen) atoms. The molecule has 0 aromatic carbocycles. The summed E-state index contributed by atoms with van der Waals surface area (Å²) in [4.78, 5) is 13.0. The highest BCUT2D eigenvalue weighted by Gasteiger charge is 2.35. The largest absolute Gasteiger partial charge is 0.394 e. The minimum absolute atomic E-state index is 0.223. The quantitative estimate of drug-likeness (QED) is 0.538. The average Bonchev–Trinajstić information content (AvgIpc) is 3.08. The van der Waals surface area contributed by atoms with Crippen LogP contribution < -0.4 is 5.73 Å². The number of aliphatic hydroxyl groups is 2. The topological polar surface area (TPSA) is 119 Å². The molecule has 3 rings (SSSR count). The van der Waals surface area contributed by atoms with Crippen LogP contribution in [0.25, 0.3) is 11.2 Å². The van der Waals surface area contributed by atoms with Crippen molar-refractivity contribution in [2.24, 2.45) is 0 Å². The first-order chi connectivity index (χ1) is 10.6. The predicted molar refractivity (Wildman–Crippen MR) is 82.4 cm³/mol. The van der Waals surface area contributed by atoms with E-state index in [4.69, 9.17) is 10.5 Å². The lowest BCUT2D eigenvalue weighted by Gasteiger charge is -2.13. The number of nitrogens with zero attached hydrogens (tertiary/aromatic N) is 4. The highest BCUT2D eigenvalue weighted by atomic mass is 32.2. The maximum atomic E-state index is 9.88. The molecule has 0 spiro atoms. The molecule has 0 unspecified atom stereocenters.